The van der Waals surface area contributed by atoms with Gasteiger partial charge in [0.2, 0.25) is 0 Å². The monoisotopic (exact) mass is 380 g/mol. The molecule has 2 aromatic heterocycles. The third-order valence-corrected chi connectivity index (χ3v) is 4.58. The fourth-order valence-electron chi connectivity index (χ4n) is 3.15. The Kier molecular flexibility index (Phi) is 5.31. The fourth-order valence-corrected chi connectivity index (χ4v) is 3.15. The Labute approximate surface area is 153 Å². The van der Waals surface area contributed by atoms with Crippen molar-refractivity contribution in [1.29, 1.82) is 0 Å². The topological polar surface area (TPSA) is 76.0 Å². The van der Waals surface area contributed by atoms with E-state index in [1.807, 2.05) is 0 Å². The zero-order chi connectivity index (χ0) is 19.6. The normalized spacial score (nSPS) is 15.6. The molecular formula is C18H19F3N4O2. The van der Waals surface area contributed by atoms with E-state index in [0.717, 1.165) is 38.2 Å². The molecule has 0 aromatic carbocycles. The van der Waals surface area contributed by atoms with Gasteiger partial charge in [-0.25, -0.2) is 0 Å². The second kappa shape index (κ2) is 7.51. The van der Waals surface area contributed by atoms with E-state index in [4.69, 9.17) is 0 Å². The summed E-state index contributed by atoms with van der Waals surface area (Å²) in [4.78, 5) is 28.9. The number of carbonyl (C=O) groups excluding carboxylic acids is 1. The molecule has 3 rings (SSSR count). The summed E-state index contributed by atoms with van der Waals surface area (Å²) in [6.07, 6.45) is 0.405. The van der Waals surface area contributed by atoms with Gasteiger partial charge in [-0.15, -0.1) is 0 Å². The van der Waals surface area contributed by atoms with Crippen molar-refractivity contribution in [3.63, 3.8) is 0 Å². The standard InChI is InChI=1S/C18H19F3N4O2/c1-11-4-7-25(14-2-5-22-6-3-14)17(27)15(11)16(26)24-13-8-12(9-23-10-13)18(19,20)21/h4,7-10,14,22H,2-3,5-6H2,1H3,(H,24,26). The van der Waals surface area contributed by atoms with Gasteiger partial charge in [0.05, 0.1) is 17.4 Å². The summed E-state index contributed by atoms with van der Waals surface area (Å²) in [5.74, 6) is -0.748. The van der Waals surface area contributed by atoms with E-state index in [1.165, 1.54) is 4.57 Å². The van der Waals surface area contributed by atoms with E-state index in [1.54, 1.807) is 19.2 Å². The number of piperidine rings is 1. The molecule has 0 unspecified atom stereocenters. The third-order valence-electron chi connectivity index (χ3n) is 4.58. The molecule has 3 heterocycles. The minimum absolute atomic E-state index is 0.0128. The van der Waals surface area contributed by atoms with E-state index < -0.39 is 23.2 Å². The molecular weight excluding hydrogens is 361 g/mol. The number of halogens is 3. The van der Waals surface area contributed by atoms with Gasteiger partial charge in [0.1, 0.15) is 5.56 Å². The van der Waals surface area contributed by atoms with Crippen LogP contribution in [0.25, 0.3) is 0 Å². The van der Waals surface area contributed by atoms with Crippen molar-refractivity contribution in [3.8, 4) is 0 Å². The second-order valence-electron chi connectivity index (χ2n) is 6.48. The van der Waals surface area contributed by atoms with Crippen LogP contribution in [0.5, 0.6) is 0 Å². The average Bonchev–Trinajstić information content (AvgIpc) is 2.62. The summed E-state index contributed by atoms with van der Waals surface area (Å²) in [7, 11) is 0. The number of nitrogens with one attached hydrogen (secondary N) is 2. The Hall–Kier alpha value is -2.68. The molecule has 1 fully saturated rings. The highest BCUT2D eigenvalue weighted by Gasteiger charge is 2.31. The Balaban J connectivity index is 1.90. The zero-order valence-electron chi connectivity index (χ0n) is 14.6. The molecule has 0 radical (unpaired) electrons. The van der Waals surface area contributed by atoms with Crippen LogP contribution in [0.1, 0.15) is 40.4 Å². The lowest BCUT2D eigenvalue weighted by Crippen LogP contribution is -2.37. The number of hydrogen-bond acceptors (Lipinski definition) is 4. The number of nitrogens with zero attached hydrogens (tertiary/aromatic N) is 2. The van der Waals surface area contributed by atoms with Crippen LogP contribution in [0.4, 0.5) is 18.9 Å². The summed E-state index contributed by atoms with van der Waals surface area (Å²) < 4.78 is 39.9. The van der Waals surface area contributed by atoms with Gasteiger partial charge >= 0.3 is 6.18 Å². The van der Waals surface area contributed by atoms with Crippen molar-refractivity contribution in [3.05, 3.63) is 57.8 Å². The van der Waals surface area contributed by atoms with Crippen molar-refractivity contribution >= 4 is 11.6 Å². The Bertz CT molecular complexity index is 902. The summed E-state index contributed by atoms with van der Waals surface area (Å²) >= 11 is 0. The lowest BCUT2D eigenvalue weighted by atomic mass is 10.0. The van der Waals surface area contributed by atoms with Crippen LogP contribution < -0.4 is 16.2 Å². The van der Waals surface area contributed by atoms with Crippen molar-refractivity contribution in [2.24, 2.45) is 0 Å². The van der Waals surface area contributed by atoms with Gasteiger partial charge in [-0.1, -0.05) is 0 Å². The van der Waals surface area contributed by atoms with E-state index in [0.29, 0.717) is 11.8 Å². The van der Waals surface area contributed by atoms with Crippen LogP contribution in [-0.2, 0) is 6.18 Å². The molecule has 144 valence electrons. The smallest absolute Gasteiger partial charge is 0.320 e. The summed E-state index contributed by atoms with van der Waals surface area (Å²) in [6, 6.07) is 2.44. The maximum atomic E-state index is 12.8. The van der Waals surface area contributed by atoms with E-state index in [2.05, 4.69) is 15.6 Å². The molecule has 9 heteroatoms. The largest absolute Gasteiger partial charge is 0.417 e. The van der Waals surface area contributed by atoms with Crippen molar-refractivity contribution in [2.75, 3.05) is 18.4 Å². The van der Waals surface area contributed by atoms with Crippen LogP contribution in [0, 0.1) is 6.92 Å². The number of aryl methyl sites for hydroxylation is 1. The Morgan fingerprint density at radius 3 is 2.67 bits per heavy atom. The maximum Gasteiger partial charge on any atom is 0.417 e. The van der Waals surface area contributed by atoms with Crippen LogP contribution >= 0.6 is 0 Å². The first-order valence-corrected chi connectivity index (χ1v) is 8.53. The summed E-state index contributed by atoms with van der Waals surface area (Å²) in [5, 5.41) is 5.56. The SMILES string of the molecule is Cc1ccn(C2CCNCC2)c(=O)c1C(=O)Nc1cncc(C(F)(F)F)c1. The summed E-state index contributed by atoms with van der Waals surface area (Å²) in [6.45, 7) is 3.18. The maximum absolute atomic E-state index is 12.8. The minimum atomic E-state index is -4.57. The zero-order valence-corrected chi connectivity index (χ0v) is 14.6. The molecule has 0 atom stereocenters. The molecule has 2 N–H and O–H groups in total. The number of alkyl halides is 3. The van der Waals surface area contributed by atoms with Crippen LogP contribution in [0.15, 0.2) is 35.5 Å². The van der Waals surface area contributed by atoms with Gasteiger partial charge in [0, 0.05) is 18.4 Å². The van der Waals surface area contributed by atoms with Crippen LogP contribution in [0.3, 0.4) is 0 Å². The van der Waals surface area contributed by atoms with Crippen molar-refractivity contribution < 1.29 is 18.0 Å². The van der Waals surface area contributed by atoms with Gasteiger partial charge < -0.3 is 15.2 Å². The molecule has 2 aromatic rings. The molecule has 1 saturated heterocycles. The highest BCUT2D eigenvalue weighted by atomic mass is 19.4. The first-order chi connectivity index (χ1) is 12.8. The predicted octanol–water partition coefficient (Wildman–Crippen LogP) is 2.75. The fraction of sp³-hybridized carbons (Fsp3) is 0.389. The van der Waals surface area contributed by atoms with Gasteiger partial charge in [-0.3, -0.25) is 14.6 Å². The van der Waals surface area contributed by atoms with Crippen LogP contribution in [-0.4, -0.2) is 28.5 Å². The molecule has 1 aliphatic heterocycles. The Morgan fingerprint density at radius 1 is 1.30 bits per heavy atom. The molecule has 1 amide bonds. The number of amides is 1. The highest BCUT2D eigenvalue weighted by Crippen LogP contribution is 2.30. The first kappa shape index (κ1) is 19.1. The highest BCUT2D eigenvalue weighted by molar-refractivity contribution is 6.04. The van der Waals surface area contributed by atoms with Gasteiger partial charge in [-0.05, 0) is 50.6 Å². The molecule has 0 bridgehead atoms. The number of hydrogen-bond donors (Lipinski definition) is 2. The third kappa shape index (κ3) is 4.19. The van der Waals surface area contributed by atoms with E-state index in [9.17, 15) is 22.8 Å². The first-order valence-electron chi connectivity index (χ1n) is 8.53. The predicted molar refractivity (Wildman–Crippen MR) is 93.8 cm³/mol. The molecule has 27 heavy (non-hydrogen) atoms. The lowest BCUT2D eigenvalue weighted by Gasteiger charge is -2.25. The lowest BCUT2D eigenvalue weighted by molar-refractivity contribution is -0.137. The van der Waals surface area contributed by atoms with Crippen LogP contribution in [0.2, 0.25) is 0 Å². The number of pyridine rings is 2. The van der Waals surface area contributed by atoms with E-state index in [-0.39, 0.29) is 17.3 Å². The molecule has 0 saturated carbocycles. The molecule has 1 aliphatic rings. The van der Waals surface area contributed by atoms with Crippen molar-refractivity contribution in [1.82, 2.24) is 14.9 Å². The van der Waals surface area contributed by atoms with E-state index >= 15 is 0 Å². The molecule has 6 nitrogen and oxygen atoms in total. The number of anilines is 1. The van der Waals surface area contributed by atoms with Crippen molar-refractivity contribution in [2.45, 2.75) is 32.0 Å². The van der Waals surface area contributed by atoms with Gasteiger partial charge in [0.15, 0.2) is 0 Å². The second-order valence-corrected chi connectivity index (χ2v) is 6.48. The quantitative estimate of drug-likeness (QED) is 0.859. The number of rotatable bonds is 3. The van der Waals surface area contributed by atoms with Gasteiger partial charge in [0.25, 0.3) is 11.5 Å². The minimum Gasteiger partial charge on any atom is -0.320 e. The Morgan fingerprint density at radius 2 is 2.00 bits per heavy atom. The molecule has 0 aliphatic carbocycles. The van der Waals surface area contributed by atoms with Gasteiger partial charge in [-0.2, -0.15) is 13.2 Å². The summed E-state index contributed by atoms with van der Waals surface area (Å²) in [5.41, 5.74) is -1.15. The average molecular weight is 380 g/mol. The number of carbonyl (C=O) groups is 1. The number of aromatic nitrogens is 2. The molecule has 0 spiro atoms.